The molecule has 1 aliphatic rings. The van der Waals surface area contributed by atoms with Crippen molar-refractivity contribution >= 4 is 17.2 Å². The van der Waals surface area contributed by atoms with Crippen LogP contribution in [0.5, 0.6) is 0 Å². The van der Waals surface area contributed by atoms with Crippen molar-refractivity contribution in [3.05, 3.63) is 16.1 Å². The Labute approximate surface area is 106 Å². The van der Waals surface area contributed by atoms with Gasteiger partial charge in [0.25, 0.3) is 0 Å². The van der Waals surface area contributed by atoms with Crippen molar-refractivity contribution in [2.24, 2.45) is 11.8 Å². The topological polar surface area (TPSA) is 45.2 Å². The zero-order valence-electron chi connectivity index (χ0n) is 10.6. The molecule has 4 nitrogen and oxygen atoms in total. The molecule has 0 aromatic carbocycles. The van der Waals surface area contributed by atoms with E-state index in [9.17, 15) is 4.79 Å². The van der Waals surface area contributed by atoms with E-state index in [0.717, 1.165) is 18.8 Å². The first kappa shape index (κ1) is 12.5. The van der Waals surface area contributed by atoms with Gasteiger partial charge in [0.2, 0.25) is 5.91 Å². The second-order valence-electron chi connectivity index (χ2n) is 4.76. The summed E-state index contributed by atoms with van der Waals surface area (Å²) in [5.74, 6) is 0.867. The lowest BCUT2D eigenvalue weighted by molar-refractivity contribution is -0.136. The van der Waals surface area contributed by atoms with Crippen molar-refractivity contribution < 1.29 is 4.79 Å². The van der Waals surface area contributed by atoms with Gasteiger partial charge in [-0.25, -0.2) is 4.98 Å². The number of aromatic nitrogens is 1. The minimum absolute atomic E-state index is 0.120. The third-order valence-electron chi connectivity index (χ3n) is 3.51. The van der Waals surface area contributed by atoms with Crippen molar-refractivity contribution in [3.8, 4) is 0 Å². The first-order chi connectivity index (χ1) is 8.09. The van der Waals surface area contributed by atoms with Crippen LogP contribution in [0, 0.1) is 18.8 Å². The van der Waals surface area contributed by atoms with Gasteiger partial charge >= 0.3 is 0 Å². The fourth-order valence-corrected chi connectivity index (χ4v) is 2.81. The molecule has 1 saturated heterocycles. The van der Waals surface area contributed by atoms with E-state index in [1.54, 1.807) is 11.3 Å². The molecule has 17 heavy (non-hydrogen) atoms. The Kier molecular flexibility index (Phi) is 3.79. The molecule has 1 atom stereocenters. The second-order valence-corrected chi connectivity index (χ2v) is 5.70. The van der Waals surface area contributed by atoms with Gasteiger partial charge < -0.3 is 10.2 Å². The van der Waals surface area contributed by atoms with E-state index >= 15 is 0 Å². The zero-order valence-corrected chi connectivity index (χ0v) is 11.4. The number of carbonyl (C=O) groups is 1. The van der Waals surface area contributed by atoms with E-state index in [2.05, 4.69) is 10.3 Å². The van der Waals surface area contributed by atoms with Crippen LogP contribution in [0.1, 0.15) is 17.5 Å². The Hall–Kier alpha value is -0.940. The first-order valence-corrected chi connectivity index (χ1v) is 6.82. The van der Waals surface area contributed by atoms with Crippen LogP contribution >= 0.6 is 11.3 Å². The largest absolute Gasteiger partial charge is 0.340 e. The van der Waals surface area contributed by atoms with Crippen LogP contribution in [0.4, 0.5) is 0 Å². The monoisotopic (exact) mass is 253 g/mol. The molecule has 1 N–H and O–H groups in total. The molecule has 1 aromatic heterocycles. The molecule has 0 radical (unpaired) electrons. The predicted octanol–water partition coefficient (Wildman–Crippen LogP) is 1.27. The summed E-state index contributed by atoms with van der Waals surface area (Å²) in [5, 5.41) is 3.21. The summed E-state index contributed by atoms with van der Waals surface area (Å²) in [7, 11) is 1.88. The maximum Gasteiger partial charge on any atom is 0.225 e. The molecular weight excluding hydrogens is 234 g/mol. The van der Waals surface area contributed by atoms with Crippen molar-refractivity contribution in [2.45, 2.75) is 20.4 Å². The smallest absolute Gasteiger partial charge is 0.225 e. The maximum atomic E-state index is 12.2. The van der Waals surface area contributed by atoms with E-state index in [1.807, 2.05) is 31.3 Å². The van der Waals surface area contributed by atoms with Gasteiger partial charge in [-0.15, -0.1) is 11.3 Å². The van der Waals surface area contributed by atoms with Crippen LogP contribution in [0.2, 0.25) is 0 Å². The van der Waals surface area contributed by atoms with E-state index in [0.29, 0.717) is 12.5 Å². The quantitative estimate of drug-likeness (QED) is 0.879. The second kappa shape index (κ2) is 5.14. The van der Waals surface area contributed by atoms with Gasteiger partial charge in [-0.05, 0) is 25.9 Å². The van der Waals surface area contributed by atoms with Crippen molar-refractivity contribution in [3.63, 3.8) is 0 Å². The van der Waals surface area contributed by atoms with Gasteiger partial charge in [-0.2, -0.15) is 0 Å². The standard InChI is InChI=1S/C12H19N3OS/c1-8(10-4-13-5-10)12(16)15(3)6-11-9(2)14-7-17-11/h7-8,10,13H,4-6H2,1-3H3. The summed E-state index contributed by atoms with van der Waals surface area (Å²) >= 11 is 1.62. The Morgan fingerprint density at radius 2 is 2.41 bits per heavy atom. The zero-order chi connectivity index (χ0) is 12.4. The van der Waals surface area contributed by atoms with Crippen LogP contribution < -0.4 is 5.32 Å². The van der Waals surface area contributed by atoms with Gasteiger partial charge in [0.1, 0.15) is 0 Å². The number of thiazole rings is 1. The van der Waals surface area contributed by atoms with Crippen molar-refractivity contribution in [1.29, 1.82) is 0 Å². The van der Waals surface area contributed by atoms with Crippen LogP contribution in [-0.4, -0.2) is 35.9 Å². The number of rotatable bonds is 4. The van der Waals surface area contributed by atoms with E-state index < -0.39 is 0 Å². The molecule has 0 saturated carbocycles. The summed E-state index contributed by atoms with van der Waals surface area (Å²) in [6.45, 7) is 6.65. The lowest BCUT2D eigenvalue weighted by atomic mass is 9.88. The number of hydrogen-bond acceptors (Lipinski definition) is 4. The summed E-state index contributed by atoms with van der Waals surface area (Å²) in [4.78, 5) is 19.4. The molecule has 1 fully saturated rings. The average Bonchev–Trinajstić information content (AvgIpc) is 2.60. The molecule has 0 spiro atoms. The summed E-state index contributed by atoms with van der Waals surface area (Å²) < 4.78 is 0. The highest BCUT2D eigenvalue weighted by atomic mass is 32.1. The Morgan fingerprint density at radius 1 is 1.71 bits per heavy atom. The minimum atomic E-state index is 0.120. The third kappa shape index (κ3) is 2.66. The molecule has 0 aliphatic carbocycles. The van der Waals surface area contributed by atoms with Gasteiger partial charge in [0, 0.05) is 17.8 Å². The SMILES string of the molecule is Cc1ncsc1CN(C)C(=O)C(C)C1CNC1. The average molecular weight is 253 g/mol. The van der Waals surface area contributed by atoms with Crippen LogP contribution in [0.15, 0.2) is 5.51 Å². The number of nitrogens with zero attached hydrogens (tertiary/aromatic N) is 2. The Bertz CT molecular complexity index is 400. The van der Waals surface area contributed by atoms with E-state index in [4.69, 9.17) is 0 Å². The highest BCUT2D eigenvalue weighted by Crippen LogP contribution is 2.20. The van der Waals surface area contributed by atoms with Crippen LogP contribution in [0.25, 0.3) is 0 Å². The number of aryl methyl sites for hydroxylation is 1. The third-order valence-corrected chi connectivity index (χ3v) is 4.43. The minimum Gasteiger partial charge on any atom is -0.340 e. The molecule has 2 rings (SSSR count). The molecule has 1 unspecified atom stereocenters. The number of amides is 1. The molecule has 5 heteroatoms. The van der Waals surface area contributed by atoms with Gasteiger partial charge in [-0.1, -0.05) is 6.92 Å². The summed E-state index contributed by atoms with van der Waals surface area (Å²) in [6, 6.07) is 0. The van der Waals surface area contributed by atoms with Crippen LogP contribution in [0.3, 0.4) is 0 Å². The lowest BCUT2D eigenvalue weighted by Gasteiger charge is -2.33. The highest BCUT2D eigenvalue weighted by Gasteiger charge is 2.30. The Morgan fingerprint density at radius 3 is 2.88 bits per heavy atom. The summed E-state index contributed by atoms with van der Waals surface area (Å²) in [6.07, 6.45) is 0. The number of hydrogen-bond donors (Lipinski definition) is 1. The van der Waals surface area contributed by atoms with Gasteiger partial charge in [0.15, 0.2) is 0 Å². The number of carbonyl (C=O) groups excluding carboxylic acids is 1. The Balaban J connectivity index is 1.93. The fraction of sp³-hybridized carbons (Fsp3) is 0.667. The molecule has 1 amide bonds. The van der Waals surface area contributed by atoms with Gasteiger partial charge in [0.05, 0.1) is 17.7 Å². The molecule has 0 bridgehead atoms. The lowest BCUT2D eigenvalue weighted by Crippen LogP contribution is -2.49. The predicted molar refractivity (Wildman–Crippen MR) is 68.8 cm³/mol. The van der Waals surface area contributed by atoms with Crippen molar-refractivity contribution in [1.82, 2.24) is 15.2 Å². The molecular formula is C12H19N3OS. The summed E-state index contributed by atoms with van der Waals surface area (Å²) in [5.41, 5.74) is 2.87. The molecule has 2 heterocycles. The van der Waals surface area contributed by atoms with Crippen molar-refractivity contribution in [2.75, 3.05) is 20.1 Å². The molecule has 94 valence electrons. The fourth-order valence-electron chi connectivity index (χ4n) is 1.99. The normalized spacial score (nSPS) is 17.6. The van der Waals surface area contributed by atoms with E-state index in [-0.39, 0.29) is 11.8 Å². The first-order valence-electron chi connectivity index (χ1n) is 5.94. The molecule has 1 aromatic rings. The highest BCUT2D eigenvalue weighted by molar-refractivity contribution is 7.09. The van der Waals surface area contributed by atoms with E-state index in [1.165, 1.54) is 4.88 Å². The maximum absolute atomic E-state index is 12.2. The number of nitrogens with one attached hydrogen (secondary N) is 1. The van der Waals surface area contributed by atoms with Crippen LogP contribution in [-0.2, 0) is 11.3 Å². The molecule has 1 aliphatic heterocycles. The van der Waals surface area contributed by atoms with Gasteiger partial charge in [-0.3, -0.25) is 4.79 Å².